The number of rotatable bonds is 8. The van der Waals surface area contributed by atoms with Gasteiger partial charge in [0.1, 0.15) is 5.75 Å². The summed E-state index contributed by atoms with van der Waals surface area (Å²) in [5.41, 5.74) is 1.74. The lowest BCUT2D eigenvalue weighted by Crippen LogP contribution is -2.51. The summed E-state index contributed by atoms with van der Waals surface area (Å²) in [6.45, 7) is 2.03. The minimum Gasteiger partial charge on any atom is -0.497 e. The Morgan fingerprint density at radius 2 is 1.58 bits per heavy atom. The Bertz CT molecular complexity index is 1290. The molecule has 3 aromatic rings. The van der Waals surface area contributed by atoms with E-state index in [1.54, 1.807) is 36.3 Å². The van der Waals surface area contributed by atoms with Gasteiger partial charge in [-0.25, -0.2) is 8.42 Å². The first-order valence-corrected chi connectivity index (χ1v) is 13.6. The summed E-state index contributed by atoms with van der Waals surface area (Å²) >= 11 is 12.1. The molecule has 0 radical (unpaired) electrons. The molecule has 0 unspecified atom stereocenters. The lowest BCUT2D eigenvalue weighted by molar-refractivity contribution is -0.131. The van der Waals surface area contributed by atoms with Gasteiger partial charge in [-0.05, 0) is 66.2 Å². The van der Waals surface area contributed by atoms with Crippen molar-refractivity contribution >= 4 is 44.8 Å². The van der Waals surface area contributed by atoms with E-state index < -0.39 is 10.0 Å². The second-order valence-corrected chi connectivity index (χ2v) is 11.2. The number of methoxy groups -OCH3 is 1. The molecule has 0 saturated carbocycles. The van der Waals surface area contributed by atoms with E-state index in [1.165, 1.54) is 28.6 Å². The zero-order valence-corrected chi connectivity index (χ0v) is 22.1. The topological polar surface area (TPSA) is 70.2 Å². The van der Waals surface area contributed by atoms with Gasteiger partial charge in [-0.3, -0.25) is 4.79 Å². The summed E-state index contributed by atoms with van der Waals surface area (Å²) in [6.07, 6.45) is 0. The normalized spacial score (nSPS) is 14.2. The minimum atomic E-state index is -3.96. The highest BCUT2D eigenvalue weighted by Gasteiger charge is 2.30. The molecule has 1 saturated heterocycles. The van der Waals surface area contributed by atoms with Gasteiger partial charge in [0.25, 0.3) is 0 Å². The van der Waals surface area contributed by atoms with Gasteiger partial charge >= 0.3 is 0 Å². The van der Waals surface area contributed by atoms with E-state index in [2.05, 4.69) is 4.90 Å². The monoisotopic (exact) mass is 547 g/mol. The fourth-order valence-electron chi connectivity index (χ4n) is 4.08. The molecule has 0 spiro atoms. The summed E-state index contributed by atoms with van der Waals surface area (Å²) in [6, 6.07) is 20.7. The molecule has 190 valence electrons. The number of halogens is 2. The van der Waals surface area contributed by atoms with Crippen LogP contribution in [0.1, 0.15) is 5.56 Å². The van der Waals surface area contributed by atoms with Gasteiger partial charge in [-0.2, -0.15) is 4.31 Å². The molecule has 1 heterocycles. The second-order valence-electron chi connectivity index (χ2n) is 8.42. The molecule has 0 atom stereocenters. The third-order valence-corrected chi connectivity index (χ3v) is 8.37. The Balaban J connectivity index is 1.48. The van der Waals surface area contributed by atoms with Crippen molar-refractivity contribution in [1.29, 1.82) is 0 Å². The molecule has 36 heavy (non-hydrogen) atoms. The van der Waals surface area contributed by atoms with Crippen molar-refractivity contribution in [2.45, 2.75) is 11.4 Å². The maximum atomic E-state index is 13.5. The van der Waals surface area contributed by atoms with Crippen LogP contribution >= 0.6 is 23.2 Å². The van der Waals surface area contributed by atoms with Crippen molar-refractivity contribution in [2.24, 2.45) is 0 Å². The van der Waals surface area contributed by atoms with Crippen molar-refractivity contribution in [3.63, 3.8) is 0 Å². The molecule has 1 aliphatic rings. The van der Waals surface area contributed by atoms with Crippen molar-refractivity contribution in [3.8, 4) is 5.75 Å². The number of nitrogens with zero attached hydrogens (tertiary/aromatic N) is 3. The van der Waals surface area contributed by atoms with E-state index in [9.17, 15) is 13.2 Å². The van der Waals surface area contributed by atoms with Crippen LogP contribution in [0.2, 0.25) is 10.0 Å². The minimum absolute atomic E-state index is 0.0169. The van der Waals surface area contributed by atoms with Crippen molar-refractivity contribution < 1.29 is 17.9 Å². The Labute approximate surface area is 221 Å². The summed E-state index contributed by atoms with van der Waals surface area (Å²) in [7, 11) is -2.33. The molecule has 0 aliphatic carbocycles. The van der Waals surface area contributed by atoms with Crippen LogP contribution in [0, 0.1) is 0 Å². The number of piperazine rings is 1. The highest BCUT2D eigenvalue weighted by molar-refractivity contribution is 7.89. The molecular formula is C26H27Cl2N3O4S. The number of hydrogen-bond acceptors (Lipinski definition) is 5. The van der Waals surface area contributed by atoms with E-state index >= 15 is 0 Å². The number of carbonyl (C=O) groups excluding carboxylic acids is 1. The number of benzene rings is 3. The van der Waals surface area contributed by atoms with E-state index in [-0.39, 0.29) is 23.9 Å². The molecule has 1 fully saturated rings. The van der Waals surface area contributed by atoms with Crippen molar-refractivity contribution in [1.82, 2.24) is 9.21 Å². The third kappa shape index (κ3) is 6.31. The SMILES string of the molecule is COc1ccc(N2CCN(C(=O)CN(Cc3cccc(Cl)c3)S(=O)(=O)c3ccc(Cl)cc3)CC2)cc1. The number of ether oxygens (including phenoxy) is 1. The predicted molar refractivity (Wildman–Crippen MR) is 142 cm³/mol. The van der Waals surface area contributed by atoms with Gasteiger partial charge in [0, 0.05) is 48.5 Å². The smallest absolute Gasteiger partial charge is 0.243 e. The van der Waals surface area contributed by atoms with Crippen LogP contribution < -0.4 is 9.64 Å². The van der Waals surface area contributed by atoms with Crippen LogP contribution in [0.25, 0.3) is 0 Å². The molecule has 0 bridgehead atoms. The quantitative estimate of drug-likeness (QED) is 0.414. The van der Waals surface area contributed by atoms with E-state index in [4.69, 9.17) is 27.9 Å². The van der Waals surface area contributed by atoms with Gasteiger partial charge in [0.2, 0.25) is 15.9 Å². The summed E-state index contributed by atoms with van der Waals surface area (Å²) < 4.78 is 33.4. The van der Waals surface area contributed by atoms with Crippen LogP contribution in [0.15, 0.2) is 77.7 Å². The number of anilines is 1. The Kier molecular flexibility index (Phi) is 8.41. The average molecular weight is 548 g/mol. The maximum absolute atomic E-state index is 13.5. The molecule has 1 amide bonds. The van der Waals surface area contributed by atoms with E-state index in [1.807, 2.05) is 24.3 Å². The highest BCUT2D eigenvalue weighted by Crippen LogP contribution is 2.23. The molecule has 10 heteroatoms. The second kappa shape index (κ2) is 11.5. The average Bonchev–Trinajstić information content (AvgIpc) is 2.89. The fraction of sp³-hybridized carbons (Fsp3) is 0.269. The Morgan fingerprint density at radius 3 is 2.19 bits per heavy atom. The van der Waals surface area contributed by atoms with E-state index in [0.717, 1.165) is 11.4 Å². The number of hydrogen-bond donors (Lipinski definition) is 0. The number of amides is 1. The lowest BCUT2D eigenvalue weighted by atomic mass is 10.2. The van der Waals surface area contributed by atoms with Crippen LogP contribution in [-0.2, 0) is 21.4 Å². The first-order valence-electron chi connectivity index (χ1n) is 11.4. The van der Waals surface area contributed by atoms with Gasteiger partial charge in [-0.1, -0.05) is 35.3 Å². The first kappa shape index (κ1) is 26.3. The Morgan fingerprint density at radius 1 is 0.917 bits per heavy atom. The first-order chi connectivity index (χ1) is 17.3. The van der Waals surface area contributed by atoms with Gasteiger partial charge in [-0.15, -0.1) is 0 Å². The molecule has 1 aliphatic heterocycles. The van der Waals surface area contributed by atoms with Gasteiger partial charge in [0.05, 0.1) is 18.6 Å². The fourth-order valence-corrected chi connectivity index (χ4v) is 5.79. The molecular weight excluding hydrogens is 521 g/mol. The summed E-state index contributed by atoms with van der Waals surface area (Å²) in [5.74, 6) is 0.540. The highest BCUT2D eigenvalue weighted by atomic mass is 35.5. The largest absolute Gasteiger partial charge is 0.497 e. The van der Waals surface area contributed by atoms with E-state index in [0.29, 0.717) is 41.8 Å². The summed E-state index contributed by atoms with van der Waals surface area (Å²) in [5, 5.41) is 0.929. The van der Waals surface area contributed by atoms with Crippen LogP contribution in [0.3, 0.4) is 0 Å². The van der Waals surface area contributed by atoms with Crippen molar-refractivity contribution in [2.75, 3.05) is 44.7 Å². The number of carbonyl (C=O) groups is 1. The van der Waals surface area contributed by atoms with Crippen LogP contribution in [-0.4, -0.2) is 63.4 Å². The summed E-state index contributed by atoms with van der Waals surface area (Å²) in [4.78, 5) is 17.2. The molecule has 7 nitrogen and oxygen atoms in total. The molecule has 3 aromatic carbocycles. The molecule has 4 rings (SSSR count). The zero-order valence-electron chi connectivity index (χ0n) is 19.8. The number of sulfonamides is 1. The predicted octanol–water partition coefficient (Wildman–Crippen LogP) is 4.54. The molecule has 0 N–H and O–H groups in total. The van der Waals surface area contributed by atoms with Crippen LogP contribution in [0.5, 0.6) is 5.75 Å². The van der Waals surface area contributed by atoms with Crippen molar-refractivity contribution in [3.05, 3.63) is 88.4 Å². The maximum Gasteiger partial charge on any atom is 0.243 e. The lowest BCUT2D eigenvalue weighted by Gasteiger charge is -2.37. The van der Waals surface area contributed by atoms with Crippen LogP contribution in [0.4, 0.5) is 5.69 Å². The molecule has 0 aromatic heterocycles. The third-order valence-electron chi connectivity index (χ3n) is 6.08. The standard InChI is InChI=1S/C26H27Cl2N3O4S/c1-35-24-9-7-23(8-10-24)29-13-15-30(16-14-29)26(32)19-31(18-20-3-2-4-22(28)17-20)36(33,34)25-11-5-21(27)6-12-25/h2-12,17H,13-16,18-19H2,1H3. The van der Waals surface area contributed by atoms with Gasteiger partial charge < -0.3 is 14.5 Å². The Hall–Kier alpha value is -2.78. The van der Waals surface area contributed by atoms with Gasteiger partial charge in [0.15, 0.2) is 0 Å². The zero-order chi connectivity index (χ0) is 25.7.